The zero-order valence-corrected chi connectivity index (χ0v) is 25.5. The van der Waals surface area contributed by atoms with Crippen LogP contribution in [0.4, 0.5) is 8.78 Å². The molecule has 0 amide bonds. The summed E-state index contributed by atoms with van der Waals surface area (Å²) in [5.41, 5.74) is 6.33. The average Bonchev–Trinajstić information content (AvgIpc) is 3.21. The van der Waals surface area contributed by atoms with E-state index in [1.807, 2.05) is 26.0 Å². The molecule has 6 heteroatoms. The van der Waals surface area contributed by atoms with E-state index in [0.29, 0.717) is 11.8 Å². The molecule has 5 rings (SSSR count). The Morgan fingerprint density at radius 3 is 1.31 bits per heavy atom. The maximum atomic E-state index is 13.0. The van der Waals surface area contributed by atoms with Crippen molar-refractivity contribution < 1.29 is 59.8 Å². The van der Waals surface area contributed by atoms with Crippen LogP contribution in [0, 0.1) is 35.6 Å². The molecule has 2 radical (unpaired) electrons. The Kier molecular flexibility index (Phi) is 16.1. The van der Waals surface area contributed by atoms with Crippen LogP contribution in [0.25, 0.3) is 11.1 Å². The largest absolute Gasteiger partial charge is 4.00 e. The van der Waals surface area contributed by atoms with Crippen LogP contribution in [0.3, 0.4) is 0 Å². The quantitative estimate of drug-likeness (QED) is 0.363. The van der Waals surface area contributed by atoms with Crippen LogP contribution >= 0.6 is 0 Å². The molecule has 1 fully saturated rings. The zero-order valence-electron chi connectivity index (χ0n) is 20.6. The first-order valence-electron chi connectivity index (χ1n) is 11.2. The van der Waals surface area contributed by atoms with Gasteiger partial charge in [0.05, 0.1) is 0 Å². The topological polar surface area (TPSA) is 0 Å². The van der Waals surface area contributed by atoms with Crippen molar-refractivity contribution in [3.05, 3.63) is 107 Å². The molecule has 2 atom stereocenters. The van der Waals surface area contributed by atoms with E-state index in [0.717, 1.165) is 33.4 Å². The smallest absolute Gasteiger partial charge is 1.00 e. The first-order chi connectivity index (χ1) is 15.3. The van der Waals surface area contributed by atoms with Gasteiger partial charge in [0.1, 0.15) is 11.6 Å². The summed E-state index contributed by atoms with van der Waals surface area (Å²) < 4.78 is 26.0. The molecular formula is C29H30Cl2F2SiZr. The third kappa shape index (κ3) is 10.4. The Morgan fingerprint density at radius 2 is 1.09 bits per heavy atom. The Morgan fingerprint density at radius 1 is 0.743 bits per heavy atom. The van der Waals surface area contributed by atoms with Crippen molar-refractivity contribution in [2.75, 3.05) is 0 Å². The molecule has 0 nitrogen and oxygen atoms in total. The average molecular weight is 607 g/mol. The first kappa shape index (κ1) is 33.9. The minimum Gasteiger partial charge on any atom is -1.00 e. The van der Waals surface area contributed by atoms with Gasteiger partial charge in [-0.2, -0.15) is 23.3 Å². The summed E-state index contributed by atoms with van der Waals surface area (Å²) in [4.78, 5) is 0. The third-order valence-electron chi connectivity index (χ3n) is 5.51. The van der Waals surface area contributed by atoms with Crippen molar-refractivity contribution in [1.29, 1.82) is 0 Å². The summed E-state index contributed by atoms with van der Waals surface area (Å²) in [5.74, 6) is 0.313. The van der Waals surface area contributed by atoms with E-state index >= 15 is 0 Å². The standard InChI is InChI=1S/2C13H12F.C3H6Si.2ClH.Zr/c2*1-9-6-10(2)13(7-9)11-4-3-5-12(14)8-11;1-2-4-3-1;;;/h2*3-5,7-9H,1-2H3;1-3H2;2*1H;/q2*-1;;;;+4/p-2. The van der Waals surface area contributed by atoms with Gasteiger partial charge in [0.15, 0.2) is 0 Å². The van der Waals surface area contributed by atoms with Crippen LogP contribution in [-0.2, 0) is 26.2 Å². The van der Waals surface area contributed by atoms with Gasteiger partial charge in [-0.05, 0) is 24.3 Å². The van der Waals surface area contributed by atoms with Gasteiger partial charge in [-0.25, -0.2) is 19.9 Å². The second kappa shape index (κ2) is 16.6. The minimum absolute atomic E-state index is 0. The van der Waals surface area contributed by atoms with E-state index in [1.54, 1.807) is 24.3 Å². The second-order valence-corrected chi connectivity index (χ2v) is 9.90. The van der Waals surface area contributed by atoms with Gasteiger partial charge in [0, 0.05) is 9.52 Å². The Balaban J connectivity index is 0.000000530. The summed E-state index contributed by atoms with van der Waals surface area (Å²) in [7, 11) is 1.32. The maximum absolute atomic E-state index is 13.0. The third-order valence-corrected chi connectivity index (χ3v) is 6.92. The van der Waals surface area contributed by atoms with Gasteiger partial charge in [-0.15, -0.1) is 0 Å². The van der Waals surface area contributed by atoms with Crippen LogP contribution in [0.2, 0.25) is 12.1 Å². The molecular weight excluding hydrogens is 577 g/mol. The van der Waals surface area contributed by atoms with E-state index in [9.17, 15) is 8.78 Å². The summed E-state index contributed by atoms with van der Waals surface area (Å²) >= 11 is 0. The van der Waals surface area contributed by atoms with Crippen LogP contribution in [0.15, 0.2) is 71.8 Å². The monoisotopic (exact) mass is 604 g/mol. The number of hydrogen-bond acceptors (Lipinski definition) is 0. The molecule has 0 aromatic heterocycles. The molecule has 2 aromatic carbocycles. The summed E-state index contributed by atoms with van der Waals surface area (Å²) in [6.07, 6.45) is 12.3. The molecule has 1 saturated heterocycles. The van der Waals surface area contributed by atoms with E-state index < -0.39 is 0 Å². The van der Waals surface area contributed by atoms with Crippen molar-refractivity contribution in [3.8, 4) is 0 Å². The fourth-order valence-corrected chi connectivity index (χ4v) is 4.14. The van der Waals surface area contributed by atoms with Gasteiger partial charge in [0.2, 0.25) is 0 Å². The number of allylic oxidation sites excluding steroid dienone is 8. The molecule has 0 bridgehead atoms. The van der Waals surface area contributed by atoms with Gasteiger partial charge in [-0.1, -0.05) is 93.4 Å². The van der Waals surface area contributed by atoms with E-state index in [-0.39, 0.29) is 62.7 Å². The Bertz CT molecular complexity index is 986. The molecule has 0 saturated carbocycles. The zero-order chi connectivity index (χ0) is 23.1. The van der Waals surface area contributed by atoms with Crippen molar-refractivity contribution in [1.82, 2.24) is 0 Å². The van der Waals surface area contributed by atoms with E-state index in [1.165, 1.54) is 40.2 Å². The summed E-state index contributed by atoms with van der Waals surface area (Å²) in [5, 5.41) is 0. The fraction of sp³-hybridized carbons (Fsp3) is 0.310. The molecule has 35 heavy (non-hydrogen) atoms. The SMILES string of the molecule is C1C[Si]C1.CC1=[C-]C(C)C=C1c1cccc(F)c1.CC1=[C-]C(C)C=C1c1cccc(F)c1.[Cl-].[Cl-].[Zr+4]. The second-order valence-electron chi connectivity index (χ2n) is 8.40. The van der Waals surface area contributed by atoms with Gasteiger partial charge in [-0.3, -0.25) is 12.2 Å². The molecule has 0 spiro atoms. The molecule has 2 aliphatic carbocycles. The molecule has 3 aliphatic rings. The normalized spacial score (nSPS) is 19.3. The molecule has 0 N–H and O–H groups in total. The van der Waals surface area contributed by atoms with Gasteiger partial charge < -0.3 is 24.8 Å². The molecule has 2 unspecified atom stereocenters. The van der Waals surface area contributed by atoms with Crippen LogP contribution in [-0.4, -0.2) is 9.52 Å². The van der Waals surface area contributed by atoms with Gasteiger partial charge in [0.25, 0.3) is 0 Å². The van der Waals surface area contributed by atoms with Gasteiger partial charge >= 0.3 is 26.2 Å². The van der Waals surface area contributed by atoms with Crippen LogP contribution in [0.5, 0.6) is 0 Å². The predicted molar refractivity (Wildman–Crippen MR) is 132 cm³/mol. The van der Waals surface area contributed by atoms with Crippen molar-refractivity contribution in [2.45, 2.75) is 46.2 Å². The molecule has 182 valence electrons. The molecule has 2 aromatic rings. The number of rotatable bonds is 2. The number of benzene rings is 2. The minimum atomic E-state index is -0.184. The molecule has 1 aliphatic heterocycles. The van der Waals surface area contributed by atoms with Crippen molar-refractivity contribution >= 4 is 20.7 Å². The van der Waals surface area contributed by atoms with Crippen molar-refractivity contribution in [2.24, 2.45) is 11.8 Å². The first-order valence-corrected chi connectivity index (χ1v) is 12.6. The van der Waals surface area contributed by atoms with E-state index in [2.05, 4.69) is 38.2 Å². The predicted octanol–water partition coefficient (Wildman–Crippen LogP) is 2.15. The number of hydrogen-bond donors (Lipinski definition) is 0. The molecule has 1 heterocycles. The Hall–Kier alpha value is -1.06. The van der Waals surface area contributed by atoms with E-state index in [4.69, 9.17) is 0 Å². The van der Waals surface area contributed by atoms with Crippen molar-refractivity contribution in [3.63, 3.8) is 0 Å². The summed E-state index contributed by atoms with van der Waals surface area (Å²) in [6.45, 7) is 8.19. The summed E-state index contributed by atoms with van der Waals surface area (Å²) in [6, 6.07) is 16.4. The van der Waals surface area contributed by atoms with Crippen LogP contribution in [0.1, 0.15) is 45.2 Å². The van der Waals surface area contributed by atoms with Crippen LogP contribution < -0.4 is 24.8 Å². The maximum Gasteiger partial charge on any atom is 4.00 e. The fourth-order valence-electron chi connectivity index (χ4n) is 3.79. The number of halogens is 4. The Labute approximate surface area is 243 Å².